The van der Waals surface area contributed by atoms with Gasteiger partial charge in [-0.25, -0.2) is 0 Å². The maximum atomic E-state index is 2.41. The van der Waals surface area contributed by atoms with Crippen molar-refractivity contribution < 1.29 is 0 Å². The molecule has 1 aromatic rings. The lowest BCUT2D eigenvalue weighted by Crippen LogP contribution is -2.26. The number of benzene rings is 1. The second-order valence-corrected chi connectivity index (χ2v) is 3.77. The lowest BCUT2D eigenvalue weighted by atomic mass is 10.2. The first kappa shape index (κ1) is 14.0. The molecule has 1 nitrogen and oxygen atoms in total. The normalized spacial score (nSPS) is 9.47. The van der Waals surface area contributed by atoms with Crippen LogP contribution in [0.15, 0.2) is 30.3 Å². The number of anilines is 1. The SMILES string of the molecule is CC.CCN(CC(C)C)c1ccccc1. The molecular weight excluding hydrogens is 182 g/mol. The molecule has 0 fully saturated rings. The van der Waals surface area contributed by atoms with Gasteiger partial charge in [0.1, 0.15) is 0 Å². The highest BCUT2D eigenvalue weighted by molar-refractivity contribution is 5.45. The Kier molecular flexibility index (Phi) is 7.79. The number of nitrogens with zero attached hydrogens (tertiary/aromatic N) is 1. The molecule has 0 saturated heterocycles. The van der Waals surface area contributed by atoms with Gasteiger partial charge in [0.25, 0.3) is 0 Å². The monoisotopic (exact) mass is 207 g/mol. The third kappa shape index (κ3) is 5.46. The summed E-state index contributed by atoms with van der Waals surface area (Å²) in [5.74, 6) is 0.722. The second-order valence-electron chi connectivity index (χ2n) is 3.77. The average Bonchev–Trinajstić information content (AvgIpc) is 2.29. The van der Waals surface area contributed by atoms with Crippen molar-refractivity contribution in [2.24, 2.45) is 5.92 Å². The summed E-state index contributed by atoms with van der Waals surface area (Å²) in [5.41, 5.74) is 1.33. The van der Waals surface area contributed by atoms with Gasteiger partial charge in [0.05, 0.1) is 0 Å². The van der Waals surface area contributed by atoms with Crippen LogP contribution in [0.4, 0.5) is 5.69 Å². The number of hydrogen-bond acceptors (Lipinski definition) is 1. The first-order chi connectivity index (χ1) is 7.24. The molecule has 0 spiro atoms. The van der Waals surface area contributed by atoms with Crippen molar-refractivity contribution >= 4 is 5.69 Å². The summed E-state index contributed by atoms with van der Waals surface area (Å²) >= 11 is 0. The highest BCUT2D eigenvalue weighted by Crippen LogP contribution is 2.14. The minimum Gasteiger partial charge on any atom is -0.372 e. The van der Waals surface area contributed by atoms with Crippen molar-refractivity contribution in [1.29, 1.82) is 0 Å². The van der Waals surface area contributed by atoms with Gasteiger partial charge in [0.2, 0.25) is 0 Å². The van der Waals surface area contributed by atoms with Crippen LogP contribution in [-0.4, -0.2) is 13.1 Å². The van der Waals surface area contributed by atoms with E-state index in [1.54, 1.807) is 0 Å². The second kappa shape index (κ2) is 8.34. The Bertz CT molecular complexity index is 228. The lowest BCUT2D eigenvalue weighted by Gasteiger charge is -2.24. The van der Waals surface area contributed by atoms with E-state index >= 15 is 0 Å². The zero-order valence-corrected chi connectivity index (χ0v) is 10.8. The predicted octanol–water partition coefficient (Wildman–Crippen LogP) is 4.20. The molecule has 0 bridgehead atoms. The Morgan fingerprint density at radius 2 is 1.60 bits per heavy atom. The fourth-order valence-corrected chi connectivity index (χ4v) is 1.50. The van der Waals surface area contributed by atoms with Gasteiger partial charge in [0, 0.05) is 18.8 Å². The van der Waals surface area contributed by atoms with Crippen LogP contribution in [0.1, 0.15) is 34.6 Å². The van der Waals surface area contributed by atoms with Gasteiger partial charge in [-0.1, -0.05) is 45.9 Å². The Morgan fingerprint density at radius 3 is 2.00 bits per heavy atom. The molecule has 0 aliphatic heterocycles. The molecule has 1 heteroatoms. The summed E-state index contributed by atoms with van der Waals surface area (Å²) in [6, 6.07) is 10.6. The van der Waals surface area contributed by atoms with Crippen molar-refractivity contribution in [2.45, 2.75) is 34.6 Å². The molecule has 0 N–H and O–H groups in total. The Morgan fingerprint density at radius 1 is 1.07 bits per heavy atom. The summed E-state index contributed by atoms with van der Waals surface area (Å²) in [7, 11) is 0. The molecule has 0 amide bonds. The van der Waals surface area contributed by atoms with E-state index in [1.807, 2.05) is 13.8 Å². The standard InChI is InChI=1S/C12H19N.C2H6/c1-4-13(10-11(2)3)12-8-6-5-7-9-12;1-2/h5-9,11H,4,10H2,1-3H3;1-2H3. The maximum Gasteiger partial charge on any atom is 0.0366 e. The molecule has 0 saturated carbocycles. The molecule has 86 valence electrons. The molecule has 1 rings (SSSR count). The summed E-state index contributed by atoms with van der Waals surface area (Å²) in [4.78, 5) is 2.41. The molecule has 0 heterocycles. The largest absolute Gasteiger partial charge is 0.372 e. The Balaban J connectivity index is 0.000000921. The fourth-order valence-electron chi connectivity index (χ4n) is 1.50. The van der Waals surface area contributed by atoms with Gasteiger partial charge in [-0.2, -0.15) is 0 Å². The van der Waals surface area contributed by atoms with E-state index in [9.17, 15) is 0 Å². The summed E-state index contributed by atoms with van der Waals surface area (Å²) < 4.78 is 0. The van der Waals surface area contributed by atoms with E-state index in [-0.39, 0.29) is 0 Å². The predicted molar refractivity (Wildman–Crippen MR) is 70.5 cm³/mol. The van der Waals surface area contributed by atoms with E-state index in [1.165, 1.54) is 5.69 Å². The molecule has 15 heavy (non-hydrogen) atoms. The number of rotatable bonds is 4. The summed E-state index contributed by atoms with van der Waals surface area (Å²) in [6.45, 7) is 12.9. The molecule has 1 aromatic carbocycles. The summed E-state index contributed by atoms with van der Waals surface area (Å²) in [5, 5.41) is 0. The number of para-hydroxylation sites is 1. The van der Waals surface area contributed by atoms with Crippen LogP contribution < -0.4 is 4.90 Å². The van der Waals surface area contributed by atoms with Crippen molar-refractivity contribution in [3.05, 3.63) is 30.3 Å². The van der Waals surface area contributed by atoms with Gasteiger partial charge in [-0.3, -0.25) is 0 Å². The quantitative estimate of drug-likeness (QED) is 0.715. The van der Waals surface area contributed by atoms with Crippen LogP contribution in [0, 0.1) is 5.92 Å². The summed E-state index contributed by atoms with van der Waals surface area (Å²) in [6.07, 6.45) is 0. The van der Waals surface area contributed by atoms with Crippen molar-refractivity contribution in [3.8, 4) is 0 Å². The zero-order valence-electron chi connectivity index (χ0n) is 10.8. The topological polar surface area (TPSA) is 3.24 Å². The van der Waals surface area contributed by atoms with E-state index in [2.05, 4.69) is 56.0 Å². The molecule has 0 aromatic heterocycles. The highest BCUT2D eigenvalue weighted by atomic mass is 15.1. The first-order valence-electron chi connectivity index (χ1n) is 6.04. The van der Waals surface area contributed by atoms with E-state index in [0.29, 0.717) is 0 Å². The average molecular weight is 207 g/mol. The van der Waals surface area contributed by atoms with Gasteiger partial charge >= 0.3 is 0 Å². The fraction of sp³-hybridized carbons (Fsp3) is 0.571. The van der Waals surface area contributed by atoms with Crippen molar-refractivity contribution in [1.82, 2.24) is 0 Å². The van der Waals surface area contributed by atoms with Crippen LogP contribution >= 0.6 is 0 Å². The smallest absolute Gasteiger partial charge is 0.0366 e. The van der Waals surface area contributed by atoms with Gasteiger partial charge in [0.15, 0.2) is 0 Å². The van der Waals surface area contributed by atoms with Crippen LogP contribution in [0.5, 0.6) is 0 Å². The highest BCUT2D eigenvalue weighted by Gasteiger charge is 2.04. The Labute approximate surface area is 95.1 Å². The minimum atomic E-state index is 0.722. The molecule has 0 radical (unpaired) electrons. The maximum absolute atomic E-state index is 2.41. The lowest BCUT2D eigenvalue weighted by molar-refractivity contribution is 0.619. The zero-order chi connectivity index (χ0) is 11.7. The van der Waals surface area contributed by atoms with Crippen LogP contribution in [0.3, 0.4) is 0 Å². The van der Waals surface area contributed by atoms with Gasteiger partial charge in [-0.05, 0) is 25.0 Å². The van der Waals surface area contributed by atoms with Crippen molar-refractivity contribution in [3.63, 3.8) is 0 Å². The third-order valence-electron chi connectivity index (χ3n) is 2.09. The van der Waals surface area contributed by atoms with E-state index < -0.39 is 0 Å². The molecule has 0 unspecified atom stereocenters. The molecule has 0 atom stereocenters. The molecule has 0 aliphatic rings. The van der Waals surface area contributed by atoms with Crippen LogP contribution in [0.25, 0.3) is 0 Å². The minimum absolute atomic E-state index is 0.722. The van der Waals surface area contributed by atoms with Crippen LogP contribution in [-0.2, 0) is 0 Å². The first-order valence-corrected chi connectivity index (χ1v) is 6.04. The Hall–Kier alpha value is -0.980. The molecule has 0 aliphatic carbocycles. The van der Waals surface area contributed by atoms with Crippen molar-refractivity contribution in [2.75, 3.05) is 18.0 Å². The van der Waals surface area contributed by atoms with Gasteiger partial charge < -0.3 is 4.90 Å². The van der Waals surface area contributed by atoms with Gasteiger partial charge in [-0.15, -0.1) is 0 Å². The number of hydrogen-bond donors (Lipinski definition) is 0. The van der Waals surface area contributed by atoms with Crippen LogP contribution in [0.2, 0.25) is 0 Å². The molecular formula is C14H25N. The van der Waals surface area contributed by atoms with E-state index in [0.717, 1.165) is 19.0 Å². The van der Waals surface area contributed by atoms with E-state index in [4.69, 9.17) is 0 Å². The third-order valence-corrected chi connectivity index (χ3v) is 2.09.